The zero-order valence-electron chi connectivity index (χ0n) is 20.8. The Kier molecular flexibility index (Phi) is 6.43. The number of amides is 2. The van der Waals surface area contributed by atoms with E-state index in [2.05, 4.69) is 28.5 Å². The molecule has 0 atom stereocenters. The second-order valence-corrected chi connectivity index (χ2v) is 10.3. The predicted molar refractivity (Wildman–Crippen MR) is 154 cm³/mol. The molecule has 5 aromatic rings. The van der Waals surface area contributed by atoms with E-state index in [4.69, 9.17) is 4.98 Å². The first-order chi connectivity index (χ1) is 18.5. The molecule has 0 spiro atoms. The summed E-state index contributed by atoms with van der Waals surface area (Å²) in [5, 5.41) is 3.60. The van der Waals surface area contributed by atoms with Gasteiger partial charge in [-0.2, -0.15) is 0 Å². The fraction of sp³-hybridized carbons (Fsp3) is 0.129. The number of thiazole rings is 1. The van der Waals surface area contributed by atoms with Gasteiger partial charge in [0, 0.05) is 23.5 Å². The van der Waals surface area contributed by atoms with Crippen LogP contribution in [-0.2, 0) is 6.42 Å². The van der Waals surface area contributed by atoms with E-state index in [0.29, 0.717) is 11.7 Å². The van der Waals surface area contributed by atoms with Gasteiger partial charge in [-0.1, -0.05) is 66.0 Å². The molecule has 1 aliphatic heterocycles. The molecule has 0 bridgehead atoms. The number of pyridine rings is 1. The van der Waals surface area contributed by atoms with Gasteiger partial charge in [-0.05, 0) is 72.9 Å². The van der Waals surface area contributed by atoms with E-state index in [1.807, 2.05) is 55.5 Å². The molecule has 2 aromatic heterocycles. The summed E-state index contributed by atoms with van der Waals surface area (Å²) in [6.45, 7) is 2.62. The molecule has 0 saturated heterocycles. The third kappa shape index (κ3) is 4.93. The van der Waals surface area contributed by atoms with Gasteiger partial charge in [0.1, 0.15) is 5.82 Å². The standard InChI is InChI=1S/C31H25FN4OS/c1-20-22(11-8-21-9-15-25(32)16-10-21)14-17-26(33-20)24-13-12-23-5-4-18-36(28(23)19-24)31(37)35-30-34-27-6-2-3-7-29(27)38-30/h2-3,6-17,19H,4-5,18H2,1H3,(H,34,35,37)/b11-8+. The molecule has 1 N–H and O–H groups in total. The predicted octanol–water partition coefficient (Wildman–Crippen LogP) is 7.96. The van der Waals surface area contributed by atoms with Crippen LogP contribution in [0.1, 0.15) is 28.8 Å². The molecule has 0 unspecified atom stereocenters. The van der Waals surface area contributed by atoms with Crippen molar-refractivity contribution in [3.8, 4) is 11.3 Å². The van der Waals surface area contributed by atoms with E-state index in [-0.39, 0.29) is 11.8 Å². The number of urea groups is 1. The SMILES string of the molecule is Cc1nc(-c2ccc3c(c2)N(C(=O)Nc2nc4ccccc4s2)CCC3)ccc1/C=C/c1ccc(F)cc1. The Hall–Kier alpha value is -4.36. The number of nitrogens with one attached hydrogen (secondary N) is 1. The molecule has 0 fully saturated rings. The Labute approximate surface area is 224 Å². The van der Waals surface area contributed by atoms with Crippen molar-refractivity contribution in [1.29, 1.82) is 0 Å². The van der Waals surface area contributed by atoms with Crippen LogP contribution >= 0.6 is 11.3 Å². The molecule has 7 heteroatoms. The zero-order valence-corrected chi connectivity index (χ0v) is 21.6. The van der Waals surface area contributed by atoms with Crippen LogP contribution < -0.4 is 10.2 Å². The molecule has 5 nitrogen and oxygen atoms in total. The van der Waals surface area contributed by atoms with Crippen molar-refractivity contribution >= 4 is 50.6 Å². The highest BCUT2D eigenvalue weighted by Gasteiger charge is 2.24. The summed E-state index contributed by atoms with van der Waals surface area (Å²) in [5.74, 6) is -0.248. The number of halogens is 1. The second kappa shape index (κ2) is 10.2. The first kappa shape index (κ1) is 24.0. The fourth-order valence-electron chi connectivity index (χ4n) is 4.70. The minimum Gasteiger partial charge on any atom is -0.294 e. The molecule has 188 valence electrons. The Morgan fingerprint density at radius 2 is 1.84 bits per heavy atom. The highest BCUT2D eigenvalue weighted by atomic mass is 32.1. The number of aromatic nitrogens is 2. The maximum Gasteiger partial charge on any atom is 0.328 e. The maximum absolute atomic E-state index is 13.3. The molecule has 3 heterocycles. The lowest BCUT2D eigenvalue weighted by molar-refractivity contribution is 0.256. The summed E-state index contributed by atoms with van der Waals surface area (Å²) in [6.07, 6.45) is 5.77. The summed E-state index contributed by atoms with van der Waals surface area (Å²) in [6, 6.07) is 24.3. The molecular weight excluding hydrogens is 495 g/mol. The monoisotopic (exact) mass is 520 g/mol. The number of benzene rings is 3. The number of rotatable bonds is 4. The fourth-order valence-corrected chi connectivity index (χ4v) is 5.55. The van der Waals surface area contributed by atoms with E-state index in [0.717, 1.165) is 62.4 Å². The molecule has 6 rings (SSSR count). The van der Waals surface area contributed by atoms with Gasteiger partial charge < -0.3 is 0 Å². The van der Waals surface area contributed by atoms with Crippen LogP contribution in [0.15, 0.2) is 78.9 Å². The summed E-state index contributed by atoms with van der Waals surface area (Å²) in [7, 11) is 0. The lowest BCUT2D eigenvalue weighted by Crippen LogP contribution is -2.38. The van der Waals surface area contributed by atoms with Crippen LogP contribution in [0.25, 0.3) is 33.6 Å². The zero-order chi connectivity index (χ0) is 26.1. The van der Waals surface area contributed by atoms with E-state index in [9.17, 15) is 9.18 Å². The number of carbonyl (C=O) groups excluding carboxylic acids is 1. The van der Waals surface area contributed by atoms with Gasteiger partial charge in [0.25, 0.3) is 0 Å². The average Bonchev–Trinajstić information content (AvgIpc) is 3.35. The number of fused-ring (bicyclic) bond motifs is 2. The van der Waals surface area contributed by atoms with Crippen LogP contribution in [0.3, 0.4) is 0 Å². The number of para-hydroxylation sites is 1. The van der Waals surface area contributed by atoms with Crippen molar-refractivity contribution in [1.82, 2.24) is 9.97 Å². The van der Waals surface area contributed by atoms with E-state index in [1.165, 1.54) is 23.5 Å². The minimum absolute atomic E-state index is 0.174. The number of anilines is 2. The molecular formula is C31H25FN4OS. The highest BCUT2D eigenvalue weighted by Crippen LogP contribution is 2.33. The molecule has 0 radical (unpaired) electrons. The van der Waals surface area contributed by atoms with Crippen LogP contribution in [0.2, 0.25) is 0 Å². The van der Waals surface area contributed by atoms with Crippen molar-refractivity contribution in [2.75, 3.05) is 16.8 Å². The first-order valence-electron chi connectivity index (χ1n) is 12.5. The minimum atomic E-state index is -0.248. The summed E-state index contributed by atoms with van der Waals surface area (Å²) < 4.78 is 14.2. The van der Waals surface area contributed by atoms with Crippen LogP contribution in [0.5, 0.6) is 0 Å². The Morgan fingerprint density at radius 1 is 1.00 bits per heavy atom. The van der Waals surface area contributed by atoms with Gasteiger partial charge in [0.15, 0.2) is 5.13 Å². The molecule has 0 saturated carbocycles. The third-order valence-electron chi connectivity index (χ3n) is 6.70. The third-order valence-corrected chi connectivity index (χ3v) is 7.66. The van der Waals surface area contributed by atoms with Crippen molar-refractivity contribution in [3.05, 3.63) is 107 Å². The molecule has 2 amide bonds. The Morgan fingerprint density at radius 3 is 2.66 bits per heavy atom. The molecule has 38 heavy (non-hydrogen) atoms. The topological polar surface area (TPSA) is 58.1 Å². The first-order valence-corrected chi connectivity index (χ1v) is 13.3. The Bertz CT molecular complexity index is 1640. The van der Waals surface area contributed by atoms with Gasteiger partial charge in [0.2, 0.25) is 0 Å². The number of nitrogens with zero attached hydrogens (tertiary/aromatic N) is 3. The number of aryl methyl sites for hydroxylation is 2. The lowest BCUT2D eigenvalue weighted by Gasteiger charge is -2.29. The average molecular weight is 521 g/mol. The van der Waals surface area contributed by atoms with Gasteiger partial charge in [-0.3, -0.25) is 15.2 Å². The van der Waals surface area contributed by atoms with E-state index in [1.54, 1.807) is 17.0 Å². The maximum atomic E-state index is 13.3. The van der Waals surface area contributed by atoms with Crippen LogP contribution in [-0.4, -0.2) is 22.5 Å². The quantitative estimate of drug-likeness (QED) is 0.261. The van der Waals surface area contributed by atoms with Crippen LogP contribution in [0.4, 0.5) is 20.0 Å². The molecule has 3 aromatic carbocycles. The number of carbonyl (C=O) groups is 1. The van der Waals surface area contributed by atoms with E-state index >= 15 is 0 Å². The number of hydrogen-bond donors (Lipinski definition) is 1. The summed E-state index contributed by atoms with van der Waals surface area (Å²) in [5.41, 5.74) is 7.56. The molecule has 0 aliphatic carbocycles. The van der Waals surface area contributed by atoms with Crippen LogP contribution in [0, 0.1) is 12.7 Å². The van der Waals surface area contributed by atoms with Gasteiger partial charge in [0.05, 0.1) is 15.9 Å². The lowest BCUT2D eigenvalue weighted by atomic mass is 9.98. The largest absolute Gasteiger partial charge is 0.328 e. The van der Waals surface area contributed by atoms with Crippen molar-refractivity contribution in [2.45, 2.75) is 19.8 Å². The molecule has 1 aliphatic rings. The van der Waals surface area contributed by atoms with E-state index < -0.39 is 0 Å². The summed E-state index contributed by atoms with van der Waals surface area (Å²) >= 11 is 1.47. The normalized spacial score (nSPS) is 13.2. The van der Waals surface area contributed by atoms with Crippen molar-refractivity contribution in [2.24, 2.45) is 0 Å². The second-order valence-electron chi connectivity index (χ2n) is 9.27. The Balaban J connectivity index is 1.24. The smallest absolute Gasteiger partial charge is 0.294 e. The van der Waals surface area contributed by atoms with Gasteiger partial charge in [-0.15, -0.1) is 0 Å². The highest BCUT2D eigenvalue weighted by molar-refractivity contribution is 7.22. The van der Waals surface area contributed by atoms with Crippen molar-refractivity contribution in [3.63, 3.8) is 0 Å². The van der Waals surface area contributed by atoms with Crippen molar-refractivity contribution < 1.29 is 9.18 Å². The summed E-state index contributed by atoms with van der Waals surface area (Å²) in [4.78, 5) is 24.5. The van der Waals surface area contributed by atoms with Gasteiger partial charge in [-0.25, -0.2) is 14.2 Å². The van der Waals surface area contributed by atoms with Gasteiger partial charge >= 0.3 is 6.03 Å². The number of hydrogen-bond acceptors (Lipinski definition) is 4.